The highest BCUT2D eigenvalue weighted by molar-refractivity contribution is 9.10. The molecule has 0 aliphatic rings. The SMILES string of the molecule is O=C(O)CCCCc1ccc(Br)cc1O. The number of carbonyl (C=O) groups is 1. The Morgan fingerprint density at radius 2 is 2.07 bits per heavy atom. The van der Waals surface area contributed by atoms with Crippen molar-refractivity contribution in [2.24, 2.45) is 0 Å². The van der Waals surface area contributed by atoms with Crippen molar-refractivity contribution in [2.75, 3.05) is 0 Å². The number of halogens is 1. The lowest BCUT2D eigenvalue weighted by Gasteiger charge is -2.04. The summed E-state index contributed by atoms with van der Waals surface area (Å²) in [6.45, 7) is 0. The molecule has 3 nitrogen and oxygen atoms in total. The van der Waals surface area contributed by atoms with E-state index in [2.05, 4.69) is 15.9 Å². The van der Waals surface area contributed by atoms with Crippen LogP contribution in [-0.4, -0.2) is 16.2 Å². The minimum atomic E-state index is -0.768. The third kappa shape index (κ3) is 4.34. The topological polar surface area (TPSA) is 57.5 Å². The Kier molecular flexibility index (Phi) is 4.62. The molecule has 0 unspecified atom stereocenters. The molecular formula is C11H13BrO3. The molecule has 2 N–H and O–H groups in total. The minimum Gasteiger partial charge on any atom is -0.508 e. The average Bonchev–Trinajstić information content (AvgIpc) is 2.14. The summed E-state index contributed by atoms with van der Waals surface area (Å²) in [6.07, 6.45) is 2.33. The van der Waals surface area contributed by atoms with Gasteiger partial charge in [0.2, 0.25) is 0 Å². The Balaban J connectivity index is 2.40. The van der Waals surface area contributed by atoms with Gasteiger partial charge in [-0.05, 0) is 37.0 Å². The maximum absolute atomic E-state index is 10.3. The van der Waals surface area contributed by atoms with E-state index < -0.39 is 5.97 Å². The van der Waals surface area contributed by atoms with Crippen molar-refractivity contribution in [1.29, 1.82) is 0 Å². The molecule has 15 heavy (non-hydrogen) atoms. The largest absolute Gasteiger partial charge is 0.508 e. The van der Waals surface area contributed by atoms with Crippen molar-refractivity contribution in [1.82, 2.24) is 0 Å². The Hall–Kier alpha value is -1.03. The molecule has 0 amide bonds. The first-order valence-corrected chi connectivity index (χ1v) is 5.58. The first kappa shape index (κ1) is 12.0. The van der Waals surface area contributed by atoms with Crippen LogP contribution in [0.15, 0.2) is 22.7 Å². The van der Waals surface area contributed by atoms with Crippen LogP contribution in [0.25, 0.3) is 0 Å². The summed E-state index contributed by atoms with van der Waals surface area (Å²) in [6, 6.07) is 5.36. The fourth-order valence-corrected chi connectivity index (χ4v) is 1.69. The monoisotopic (exact) mass is 272 g/mol. The summed E-state index contributed by atoms with van der Waals surface area (Å²) < 4.78 is 0.842. The zero-order chi connectivity index (χ0) is 11.3. The van der Waals surface area contributed by atoms with E-state index in [0.717, 1.165) is 16.5 Å². The number of phenols is 1. The highest BCUT2D eigenvalue weighted by Gasteiger charge is 2.02. The number of unbranched alkanes of at least 4 members (excludes halogenated alkanes) is 1. The van der Waals surface area contributed by atoms with Gasteiger partial charge in [0.25, 0.3) is 0 Å². The van der Waals surface area contributed by atoms with Crippen molar-refractivity contribution in [3.8, 4) is 5.75 Å². The lowest BCUT2D eigenvalue weighted by Crippen LogP contribution is -1.95. The number of hydrogen-bond acceptors (Lipinski definition) is 2. The van der Waals surface area contributed by atoms with Crippen molar-refractivity contribution < 1.29 is 15.0 Å². The predicted octanol–water partition coefficient (Wildman–Crippen LogP) is 2.95. The van der Waals surface area contributed by atoms with Gasteiger partial charge in [-0.25, -0.2) is 0 Å². The van der Waals surface area contributed by atoms with E-state index in [-0.39, 0.29) is 12.2 Å². The van der Waals surface area contributed by atoms with Crippen molar-refractivity contribution >= 4 is 21.9 Å². The fraction of sp³-hybridized carbons (Fsp3) is 0.364. The van der Waals surface area contributed by atoms with Gasteiger partial charge in [-0.2, -0.15) is 0 Å². The van der Waals surface area contributed by atoms with E-state index in [9.17, 15) is 9.90 Å². The molecule has 1 aromatic rings. The summed E-state index contributed by atoms with van der Waals surface area (Å²) in [7, 11) is 0. The van der Waals surface area contributed by atoms with E-state index in [0.29, 0.717) is 12.8 Å². The number of aryl methyl sites for hydroxylation is 1. The first-order valence-electron chi connectivity index (χ1n) is 4.79. The maximum atomic E-state index is 10.3. The minimum absolute atomic E-state index is 0.192. The lowest BCUT2D eigenvalue weighted by molar-refractivity contribution is -0.137. The highest BCUT2D eigenvalue weighted by atomic mass is 79.9. The van der Waals surface area contributed by atoms with Gasteiger partial charge < -0.3 is 10.2 Å². The molecule has 0 radical (unpaired) electrons. The molecule has 0 heterocycles. The lowest BCUT2D eigenvalue weighted by atomic mass is 10.1. The zero-order valence-corrected chi connectivity index (χ0v) is 9.83. The number of aliphatic carboxylic acids is 1. The molecule has 0 aliphatic carbocycles. The smallest absolute Gasteiger partial charge is 0.303 e. The predicted molar refractivity (Wildman–Crippen MR) is 61.0 cm³/mol. The third-order valence-electron chi connectivity index (χ3n) is 2.13. The quantitative estimate of drug-likeness (QED) is 0.811. The molecule has 0 fully saturated rings. The van der Waals surface area contributed by atoms with E-state index in [1.54, 1.807) is 6.07 Å². The number of rotatable bonds is 5. The summed E-state index contributed by atoms with van der Waals surface area (Å²) in [5.41, 5.74) is 0.864. The molecular weight excluding hydrogens is 260 g/mol. The molecule has 1 aromatic carbocycles. The van der Waals surface area contributed by atoms with Crippen LogP contribution < -0.4 is 0 Å². The van der Waals surface area contributed by atoms with Crippen LogP contribution in [0.3, 0.4) is 0 Å². The van der Waals surface area contributed by atoms with Gasteiger partial charge in [0.1, 0.15) is 5.75 Å². The van der Waals surface area contributed by atoms with Gasteiger partial charge in [-0.1, -0.05) is 22.0 Å². The summed E-state index contributed by atoms with van der Waals surface area (Å²) >= 11 is 3.26. The number of carboxylic acid groups (broad SMARTS) is 1. The average molecular weight is 273 g/mol. The van der Waals surface area contributed by atoms with E-state index >= 15 is 0 Å². The van der Waals surface area contributed by atoms with Gasteiger partial charge in [-0.3, -0.25) is 4.79 Å². The Labute approximate surface area is 96.9 Å². The maximum Gasteiger partial charge on any atom is 0.303 e. The number of phenolic OH excluding ortho intramolecular Hbond substituents is 1. The number of aromatic hydroxyl groups is 1. The molecule has 1 rings (SSSR count). The molecule has 0 bridgehead atoms. The van der Waals surface area contributed by atoms with E-state index in [1.165, 1.54) is 0 Å². The second-order valence-corrected chi connectivity index (χ2v) is 4.29. The molecule has 0 aromatic heterocycles. The molecule has 0 aliphatic heterocycles. The highest BCUT2D eigenvalue weighted by Crippen LogP contribution is 2.23. The molecule has 0 spiro atoms. The second kappa shape index (κ2) is 5.75. The van der Waals surface area contributed by atoms with Crippen LogP contribution in [0.5, 0.6) is 5.75 Å². The number of hydrogen-bond donors (Lipinski definition) is 2. The fourth-order valence-electron chi connectivity index (χ4n) is 1.34. The molecule has 0 atom stereocenters. The summed E-state index contributed by atoms with van der Waals surface area (Å²) in [5, 5.41) is 18.0. The van der Waals surface area contributed by atoms with Gasteiger partial charge in [0, 0.05) is 10.9 Å². The van der Waals surface area contributed by atoms with Crippen LogP contribution in [0, 0.1) is 0 Å². The molecule has 0 saturated heterocycles. The van der Waals surface area contributed by atoms with Crippen LogP contribution in [0.2, 0.25) is 0 Å². The second-order valence-electron chi connectivity index (χ2n) is 3.37. The van der Waals surface area contributed by atoms with Crippen LogP contribution in [0.1, 0.15) is 24.8 Å². The third-order valence-corrected chi connectivity index (χ3v) is 2.63. The number of benzene rings is 1. The molecule has 4 heteroatoms. The Bertz CT molecular complexity index is 350. The van der Waals surface area contributed by atoms with Gasteiger partial charge in [-0.15, -0.1) is 0 Å². The Morgan fingerprint density at radius 3 is 2.67 bits per heavy atom. The van der Waals surface area contributed by atoms with Crippen LogP contribution in [-0.2, 0) is 11.2 Å². The van der Waals surface area contributed by atoms with Crippen molar-refractivity contribution in [3.05, 3.63) is 28.2 Å². The Morgan fingerprint density at radius 1 is 1.33 bits per heavy atom. The molecule has 0 saturated carbocycles. The molecule has 82 valence electrons. The van der Waals surface area contributed by atoms with Crippen LogP contribution in [0.4, 0.5) is 0 Å². The summed E-state index contributed by atoms with van der Waals surface area (Å²) in [5.74, 6) is -0.505. The normalized spacial score (nSPS) is 10.2. The zero-order valence-electron chi connectivity index (χ0n) is 8.24. The van der Waals surface area contributed by atoms with Gasteiger partial charge >= 0.3 is 5.97 Å². The number of carboxylic acids is 1. The van der Waals surface area contributed by atoms with Gasteiger partial charge in [0.05, 0.1) is 0 Å². The first-order chi connectivity index (χ1) is 7.09. The van der Waals surface area contributed by atoms with Gasteiger partial charge in [0.15, 0.2) is 0 Å². The van der Waals surface area contributed by atoms with E-state index in [1.807, 2.05) is 12.1 Å². The summed E-state index contributed by atoms with van der Waals surface area (Å²) in [4.78, 5) is 10.3. The van der Waals surface area contributed by atoms with E-state index in [4.69, 9.17) is 5.11 Å². The van der Waals surface area contributed by atoms with Crippen molar-refractivity contribution in [3.63, 3.8) is 0 Å². The van der Waals surface area contributed by atoms with Crippen molar-refractivity contribution in [2.45, 2.75) is 25.7 Å². The van der Waals surface area contributed by atoms with Crippen LogP contribution >= 0.6 is 15.9 Å². The standard InChI is InChI=1S/C11H13BrO3/c12-9-6-5-8(10(13)7-9)3-1-2-4-11(14)15/h5-7,13H,1-4H2,(H,14,15).